The molecule has 0 saturated heterocycles. The Morgan fingerprint density at radius 3 is 1.39 bits per heavy atom. The molecule has 0 radical (unpaired) electrons. The molecule has 2 rings (SSSR count). The number of ether oxygens (including phenoxy) is 2. The molecule has 15 nitrogen and oxygen atoms in total. The van der Waals surface area contributed by atoms with Crippen LogP contribution in [0.4, 0.5) is 0 Å². The Hall–Kier alpha value is -4.24. The van der Waals surface area contributed by atoms with Gasteiger partial charge in [0.2, 0.25) is 29.4 Å². The molecule has 2 aromatic heterocycles. The highest BCUT2D eigenvalue weighted by Gasteiger charge is 2.13. The quantitative estimate of drug-likeness (QED) is 0.0764. The zero-order valence-electron chi connectivity index (χ0n) is 28.3. The van der Waals surface area contributed by atoms with Crippen LogP contribution in [-0.2, 0) is 28.7 Å². The van der Waals surface area contributed by atoms with E-state index in [1.54, 1.807) is 0 Å². The zero-order valence-corrected chi connectivity index (χ0v) is 28.3. The smallest absolute Gasteiger partial charge is 0.333 e. The minimum absolute atomic E-state index is 0.0647. The standard InChI is InChI=1S/C34H53N3O12/c38-27(13-8-4-1-2-5-9-14-33(44)48-36-29(40)16-17-30(36)41)20-25-46-23-12-24-47-26-21-28(39)35-22-11-7-3-6-10-15-34(45)49-37-31(42)18-19-32(37)43/h16-19,40-43H,1-15,20-26H2,(H,35,39). The number of hydrogen-bond acceptors (Lipinski definition) is 12. The summed E-state index contributed by atoms with van der Waals surface area (Å²) in [5, 5.41) is 40.8. The molecule has 0 aliphatic rings. The number of amides is 1. The number of ketones is 1. The Bertz CT molecular complexity index is 1130. The van der Waals surface area contributed by atoms with Crippen molar-refractivity contribution in [2.75, 3.05) is 33.0 Å². The molecule has 0 spiro atoms. The van der Waals surface area contributed by atoms with Crippen molar-refractivity contribution in [3.63, 3.8) is 0 Å². The summed E-state index contributed by atoms with van der Waals surface area (Å²) in [6, 6.07) is 4.90. The van der Waals surface area contributed by atoms with Gasteiger partial charge in [-0.25, -0.2) is 9.59 Å². The van der Waals surface area contributed by atoms with Gasteiger partial charge in [-0.3, -0.25) is 9.59 Å². The third kappa shape index (κ3) is 18.8. The van der Waals surface area contributed by atoms with Crippen molar-refractivity contribution in [2.24, 2.45) is 0 Å². The molecule has 0 atom stereocenters. The van der Waals surface area contributed by atoms with Gasteiger partial charge >= 0.3 is 11.9 Å². The number of carbonyl (C=O) groups excluding carboxylic acids is 4. The van der Waals surface area contributed by atoms with Gasteiger partial charge in [0.15, 0.2) is 0 Å². The van der Waals surface area contributed by atoms with Gasteiger partial charge in [-0.2, -0.15) is 0 Å². The lowest BCUT2D eigenvalue weighted by Crippen LogP contribution is -2.25. The second-order valence-electron chi connectivity index (χ2n) is 11.7. The van der Waals surface area contributed by atoms with Crippen molar-refractivity contribution >= 4 is 23.6 Å². The van der Waals surface area contributed by atoms with E-state index < -0.39 is 11.9 Å². The molecule has 276 valence electrons. The summed E-state index contributed by atoms with van der Waals surface area (Å²) in [4.78, 5) is 57.4. The van der Waals surface area contributed by atoms with E-state index >= 15 is 0 Å². The summed E-state index contributed by atoms with van der Waals surface area (Å²) < 4.78 is 12.4. The molecule has 2 aromatic rings. The average molecular weight is 696 g/mol. The third-order valence-electron chi connectivity index (χ3n) is 7.52. The fourth-order valence-electron chi connectivity index (χ4n) is 4.77. The third-order valence-corrected chi connectivity index (χ3v) is 7.52. The topological polar surface area (TPSA) is 208 Å². The molecule has 5 N–H and O–H groups in total. The molecular weight excluding hydrogens is 642 g/mol. The van der Waals surface area contributed by atoms with Gasteiger partial charge in [0.05, 0.1) is 13.2 Å². The van der Waals surface area contributed by atoms with E-state index in [-0.39, 0.29) is 54.5 Å². The molecule has 0 unspecified atom stereocenters. The molecule has 15 heteroatoms. The zero-order chi connectivity index (χ0) is 35.7. The molecule has 0 aliphatic heterocycles. The summed E-state index contributed by atoms with van der Waals surface area (Å²) >= 11 is 0. The lowest BCUT2D eigenvalue weighted by Gasteiger charge is -2.08. The van der Waals surface area contributed by atoms with Gasteiger partial charge in [-0.05, 0) is 32.1 Å². The van der Waals surface area contributed by atoms with Crippen LogP contribution < -0.4 is 15.0 Å². The highest BCUT2D eigenvalue weighted by Crippen LogP contribution is 2.20. The number of nitrogens with one attached hydrogen (secondary N) is 1. The lowest BCUT2D eigenvalue weighted by atomic mass is 10.1. The van der Waals surface area contributed by atoms with Crippen molar-refractivity contribution < 1.29 is 58.8 Å². The Morgan fingerprint density at radius 2 is 0.898 bits per heavy atom. The van der Waals surface area contributed by atoms with Crippen LogP contribution in [0.3, 0.4) is 0 Å². The first-order valence-electron chi connectivity index (χ1n) is 17.2. The molecule has 0 saturated carbocycles. The molecule has 0 aromatic carbocycles. The minimum Gasteiger partial charge on any atom is -0.492 e. The van der Waals surface area contributed by atoms with E-state index in [9.17, 15) is 39.6 Å². The molecule has 49 heavy (non-hydrogen) atoms. The summed E-state index contributed by atoms with van der Waals surface area (Å²) in [6.07, 6.45) is 11.5. The fourth-order valence-corrected chi connectivity index (χ4v) is 4.77. The molecule has 1 amide bonds. The van der Waals surface area contributed by atoms with Gasteiger partial charge in [0.25, 0.3) is 0 Å². The maximum atomic E-state index is 12.0. The predicted molar refractivity (Wildman–Crippen MR) is 177 cm³/mol. The first kappa shape index (κ1) is 40.9. The van der Waals surface area contributed by atoms with Crippen molar-refractivity contribution in [3.05, 3.63) is 24.3 Å². The van der Waals surface area contributed by atoms with Crippen molar-refractivity contribution in [2.45, 2.75) is 109 Å². The maximum absolute atomic E-state index is 12.0. The number of aromatic hydroxyl groups is 4. The number of hydrogen-bond donors (Lipinski definition) is 5. The van der Waals surface area contributed by atoms with Crippen LogP contribution >= 0.6 is 0 Å². The second-order valence-corrected chi connectivity index (χ2v) is 11.7. The minimum atomic E-state index is -0.540. The van der Waals surface area contributed by atoms with Crippen LogP contribution in [0.1, 0.15) is 109 Å². The Balaban J connectivity index is 1.27. The molecule has 2 heterocycles. The van der Waals surface area contributed by atoms with Gasteiger partial charge in [-0.1, -0.05) is 44.9 Å². The van der Waals surface area contributed by atoms with Crippen molar-refractivity contribution in [1.29, 1.82) is 0 Å². The monoisotopic (exact) mass is 695 g/mol. The van der Waals surface area contributed by atoms with Gasteiger partial charge in [0, 0.05) is 76.1 Å². The fraction of sp³-hybridized carbons (Fsp3) is 0.647. The highest BCUT2D eigenvalue weighted by atomic mass is 16.7. The highest BCUT2D eigenvalue weighted by molar-refractivity contribution is 5.78. The van der Waals surface area contributed by atoms with Crippen LogP contribution in [0, 0.1) is 0 Å². The van der Waals surface area contributed by atoms with Crippen LogP contribution in [-0.4, -0.2) is 86.5 Å². The first-order valence-corrected chi connectivity index (χ1v) is 17.2. The van der Waals surface area contributed by atoms with E-state index in [1.165, 1.54) is 24.3 Å². The van der Waals surface area contributed by atoms with Gasteiger partial charge < -0.3 is 44.9 Å². The Kier molecular flexibility index (Phi) is 20.7. The Labute approximate surface area is 287 Å². The maximum Gasteiger partial charge on any atom is 0.333 e. The van der Waals surface area contributed by atoms with Crippen LogP contribution in [0.25, 0.3) is 0 Å². The van der Waals surface area contributed by atoms with Gasteiger partial charge in [0.1, 0.15) is 5.78 Å². The lowest BCUT2D eigenvalue weighted by molar-refractivity contribution is -0.146. The normalized spacial score (nSPS) is 11.0. The number of Topliss-reactive ketones (excluding diaryl/α,β-unsaturated/α-hetero) is 1. The molecule has 0 fully saturated rings. The first-order chi connectivity index (χ1) is 23.7. The largest absolute Gasteiger partial charge is 0.492 e. The summed E-state index contributed by atoms with van der Waals surface area (Å²) in [6.45, 7) is 2.26. The van der Waals surface area contributed by atoms with E-state index in [2.05, 4.69) is 5.32 Å². The SMILES string of the molecule is O=C(CCCCCCCCC(=O)On1c(O)ccc1O)CCOCCCOCCC(=O)NCCCCCCCC(=O)On1c(O)ccc1O. The summed E-state index contributed by atoms with van der Waals surface area (Å²) in [7, 11) is 0. The number of nitrogens with zero attached hydrogens (tertiary/aromatic N) is 2. The molecule has 0 aliphatic carbocycles. The van der Waals surface area contributed by atoms with Crippen LogP contribution in [0.5, 0.6) is 23.5 Å². The van der Waals surface area contributed by atoms with E-state index in [0.29, 0.717) is 74.5 Å². The van der Waals surface area contributed by atoms with E-state index in [4.69, 9.17) is 19.1 Å². The second kappa shape index (κ2) is 24.8. The van der Waals surface area contributed by atoms with Crippen LogP contribution in [0.15, 0.2) is 24.3 Å². The Morgan fingerprint density at radius 1 is 0.490 bits per heavy atom. The number of aromatic nitrogens is 2. The molecular formula is C34H53N3O12. The number of rotatable bonds is 29. The average Bonchev–Trinajstić information content (AvgIpc) is 3.56. The predicted octanol–water partition coefficient (Wildman–Crippen LogP) is 4.07. The number of unbranched alkanes of at least 4 members (excludes halogenated alkanes) is 9. The summed E-state index contributed by atoms with van der Waals surface area (Å²) in [5.41, 5.74) is 0. The van der Waals surface area contributed by atoms with E-state index in [0.717, 1.165) is 57.8 Å². The van der Waals surface area contributed by atoms with Gasteiger partial charge in [-0.15, -0.1) is 9.46 Å². The van der Waals surface area contributed by atoms with Crippen molar-refractivity contribution in [3.8, 4) is 23.5 Å². The molecule has 0 bridgehead atoms. The van der Waals surface area contributed by atoms with Crippen molar-refractivity contribution in [1.82, 2.24) is 14.8 Å². The van der Waals surface area contributed by atoms with Crippen LogP contribution in [0.2, 0.25) is 0 Å². The van der Waals surface area contributed by atoms with E-state index in [1.807, 2.05) is 0 Å². The number of carbonyl (C=O) groups is 4. The summed E-state index contributed by atoms with van der Waals surface area (Å²) in [5.74, 6) is -2.34.